The Morgan fingerprint density at radius 2 is 1.84 bits per heavy atom. The number of ether oxygens (including phenoxy) is 1. The van der Waals surface area contributed by atoms with E-state index in [1.165, 1.54) is 29.4 Å². The zero-order valence-electron chi connectivity index (χ0n) is 19.4. The first-order chi connectivity index (χ1) is 15.2. The summed E-state index contributed by atoms with van der Waals surface area (Å²) in [5.74, 6) is -0.0924. The van der Waals surface area contributed by atoms with Crippen molar-refractivity contribution < 1.29 is 14.3 Å². The van der Waals surface area contributed by atoms with E-state index in [-0.39, 0.29) is 18.0 Å². The Bertz CT molecular complexity index is 905. The largest absolute Gasteiger partial charge is 0.444 e. The molecule has 7 nitrogen and oxygen atoms in total. The Morgan fingerprint density at radius 1 is 1.16 bits per heavy atom. The van der Waals surface area contributed by atoms with E-state index in [1.807, 2.05) is 26.2 Å². The number of amides is 2. The summed E-state index contributed by atoms with van der Waals surface area (Å²) in [4.78, 5) is 29.9. The van der Waals surface area contributed by atoms with Crippen LogP contribution in [0, 0.1) is 0 Å². The van der Waals surface area contributed by atoms with Crippen LogP contribution in [0.2, 0.25) is 0 Å². The molecule has 1 saturated heterocycles. The molecule has 174 valence electrons. The highest BCUT2D eigenvalue weighted by Gasteiger charge is 2.25. The lowest BCUT2D eigenvalue weighted by atomic mass is 10.0. The maximum atomic E-state index is 11.9. The molecule has 1 aliphatic heterocycles. The number of hydrogen-bond donors (Lipinski definition) is 2. The monoisotopic (exact) mass is 458 g/mol. The second-order valence-corrected chi connectivity index (χ2v) is 10.2. The van der Waals surface area contributed by atoms with Crippen molar-refractivity contribution in [3.63, 3.8) is 0 Å². The normalized spacial score (nSPS) is 16.7. The first kappa shape index (κ1) is 24.2. The first-order valence-electron chi connectivity index (χ1n) is 11.2. The van der Waals surface area contributed by atoms with E-state index in [0.29, 0.717) is 5.13 Å². The minimum absolute atomic E-state index is 0.0924. The van der Waals surface area contributed by atoms with Crippen molar-refractivity contribution in [2.45, 2.75) is 65.0 Å². The highest BCUT2D eigenvalue weighted by atomic mass is 32.1. The van der Waals surface area contributed by atoms with Crippen LogP contribution >= 0.6 is 11.3 Å². The van der Waals surface area contributed by atoms with Gasteiger partial charge in [0.05, 0.1) is 5.69 Å². The highest BCUT2D eigenvalue weighted by molar-refractivity contribution is 7.13. The number of alkyl carbamates (subject to hydrolysis) is 1. The lowest BCUT2D eigenvalue weighted by Crippen LogP contribution is -2.40. The van der Waals surface area contributed by atoms with Gasteiger partial charge >= 0.3 is 6.09 Å². The van der Waals surface area contributed by atoms with Crippen molar-refractivity contribution in [3.05, 3.63) is 46.5 Å². The number of nitrogens with one attached hydrogen (secondary N) is 2. The Balaban J connectivity index is 1.37. The standard InChI is InChI=1S/C24H34N4O3S/c1-17(29)25-22-26-21(16-32-22)10-9-18-5-7-19(8-6-18)11-13-28-14-12-20(15-28)27-23(30)31-24(2,3)4/h5-8,16,20H,9-15H2,1-4H3,(H,27,30)(H,25,26,29). The van der Waals surface area contributed by atoms with Crippen LogP contribution in [-0.2, 0) is 28.8 Å². The number of likely N-dealkylation sites (tertiary alicyclic amines) is 1. The third-order valence-electron chi connectivity index (χ3n) is 5.24. The molecule has 0 saturated carbocycles. The predicted octanol–water partition coefficient (Wildman–Crippen LogP) is 4.03. The van der Waals surface area contributed by atoms with Crippen LogP contribution in [0.25, 0.3) is 0 Å². The number of nitrogens with zero attached hydrogens (tertiary/aromatic N) is 2. The van der Waals surface area contributed by atoms with Crippen molar-refractivity contribution in [2.75, 3.05) is 25.0 Å². The first-order valence-corrected chi connectivity index (χ1v) is 12.1. The molecule has 8 heteroatoms. The molecule has 2 amide bonds. The van der Waals surface area contributed by atoms with Crippen LogP contribution < -0.4 is 10.6 Å². The molecule has 2 N–H and O–H groups in total. The van der Waals surface area contributed by atoms with E-state index >= 15 is 0 Å². The number of hydrogen-bond acceptors (Lipinski definition) is 6. The van der Waals surface area contributed by atoms with Crippen molar-refractivity contribution in [3.8, 4) is 0 Å². The second-order valence-electron chi connectivity index (χ2n) is 9.32. The molecule has 1 aromatic carbocycles. The Hall–Kier alpha value is -2.45. The van der Waals surface area contributed by atoms with Crippen LogP contribution in [0.4, 0.5) is 9.93 Å². The molecule has 0 radical (unpaired) electrons. The highest BCUT2D eigenvalue weighted by Crippen LogP contribution is 2.18. The molecule has 1 unspecified atom stereocenters. The van der Waals surface area contributed by atoms with Crippen molar-refractivity contribution in [2.24, 2.45) is 0 Å². The summed E-state index contributed by atoms with van der Waals surface area (Å²) >= 11 is 1.46. The molecular weight excluding hydrogens is 424 g/mol. The van der Waals surface area contributed by atoms with Gasteiger partial charge in [0.2, 0.25) is 5.91 Å². The minimum Gasteiger partial charge on any atom is -0.444 e. The fourth-order valence-corrected chi connectivity index (χ4v) is 4.48. The minimum atomic E-state index is -0.468. The molecule has 1 aliphatic rings. The lowest BCUT2D eigenvalue weighted by molar-refractivity contribution is -0.114. The number of aryl methyl sites for hydroxylation is 2. The average molecular weight is 459 g/mol. The van der Waals surface area contributed by atoms with Crippen LogP contribution in [0.5, 0.6) is 0 Å². The Morgan fingerprint density at radius 3 is 2.50 bits per heavy atom. The van der Waals surface area contributed by atoms with Gasteiger partial charge in [0.15, 0.2) is 5.13 Å². The quantitative estimate of drug-likeness (QED) is 0.624. The molecule has 1 aromatic heterocycles. The summed E-state index contributed by atoms with van der Waals surface area (Å²) in [7, 11) is 0. The van der Waals surface area contributed by atoms with Crippen molar-refractivity contribution >= 4 is 28.5 Å². The number of rotatable bonds is 8. The fourth-order valence-electron chi connectivity index (χ4n) is 3.69. The molecule has 32 heavy (non-hydrogen) atoms. The van der Waals surface area contributed by atoms with Crippen molar-refractivity contribution in [1.29, 1.82) is 0 Å². The van der Waals surface area contributed by atoms with Gasteiger partial charge in [-0.1, -0.05) is 24.3 Å². The molecule has 0 spiro atoms. The van der Waals surface area contributed by atoms with E-state index in [4.69, 9.17) is 4.74 Å². The molecule has 1 fully saturated rings. The zero-order valence-corrected chi connectivity index (χ0v) is 20.3. The topological polar surface area (TPSA) is 83.6 Å². The van der Waals surface area contributed by atoms with Crippen molar-refractivity contribution in [1.82, 2.24) is 15.2 Å². The molecule has 0 bridgehead atoms. The fraction of sp³-hybridized carbons (Fsp3) is 0.542. The van der Waals surface area contributed by atoms with Crippen LogP contribution in [0.15, 0.2) is 29.6 Å². The molecule has 1 atom stereocenters. The number of benzene rings is 1. The molecule has 3 rings (SSSR count). The lowest BCUT2D eigenvalue weighted by Gasteiger charge is -2.22. The third kappa shape index (κ3) is 8.24. The third-order valence-corrected chi connectivity index (χ3v) is 6.04. The van der Waals surface area contributed by atoms with Gasteiger partial charge in [-0.25, -0.2) is 9.78 Å². The number of aromatic nitrogens is 1. The number of anilines is 1. The zero-order chi connectivity index (χ0) is 23.1. The van der Waals surface area contributed by atoms with Crippen LogP contribution in [0.3, 0.4) is 0 Å². The van der Waals surface area contributed by atoms with Gasteiger partial charge < -0.3 is 20.3 Å². The summed E-state index contributed by atoms with van der Waals surface area (Å²) in [6.07, 6.45) is 3.40. The smallest absolute Gasteiger partial charge is 0.407 e. The Kier molecular flexibility index (Phi) is 8.26. The van der Waals surface area contributed by atoms with Gasteiger partial charge in [0, 0.05) is 38.0 Å². The average Bonchev–Trinajstić information content (AvgIpc) is 3.33. The summed E-state index contributed by atoms with van der Waals surface area (Å²) in [6.45, 7) is 9.96. The van der Waals surface area contributed by atoms with Gasteiger partial charge in [0.1, 0.15) is 5.60 Å². The van der Waals surface area contributed by atoms with E-state index in [0.717, 1.165) is 51.0 Å². The molecular formula is C24H34N4O3S. The van der Waals surface area contributed by atoms with Gasteiger partial charge in [0.25, 0.3) is 0 Å². The number of carbonyl (C=O) groups excluding carboxylic acids is 2. The van der Waals surface area contributed by atoms with E-state index < -0.39 is 5.60 Å². The SMILES string of the molecule is CC(=O)Nc1nc(CCc2ccc(CCN3CCC(NC(=O)OC(C)(C)C)C3)cc2)cs1. The molecule has 0 aliphatic carbocycles. The van der Waals surface area contributed by atoms with Gasteiger partial charge in [-0.05, 0) is 57.6 Å². The summed E-state index contributed by atoms with van der Waals surface area (Å²) in [6, 6.07) is 8.93. The molecule has 2 aromatic rings. The van der Waals surface area contributed by atoms with Crippen LogP contribution in [-0.4, -0.2) is 53.2 Å². The molecule has 2 heterocycles. The van der Waals surface area contributed by atoms with E-state index in [1.54, 1.807) is 0 Å². The maximum Gasteiger partial charge on any atom is 0.407 e. The summed E-state index contributed by atoms with van der Waals surface area (Å²) < 4.78 is 5.35. The second kappa shape index (κ2) is 10.9. The maximum absolute atomic E-state index is 11.9. The predicted molar refractivity (Wildman–Crippen MR) is 128 cm³/mol. The number of carbonyl (C=O) groups is 2. The van der Waals surface area contributed by atoms with Gasteiger partial charge in [-0.15, -0.1) is 11.3 Å². The number of thiazole rings is 1. The van der Waals surface area contributed by atoms with Gasteiger partial charge in [-0.2, -0.15) is 0 Å². The summed E-state index contributed by atoms with van der Waals surface area (Å²) in [5, 5.41) is 8.37. The van der Waals surface area contributed by atoms with E-state index in [9.17, 15) is 9.59 Å². The summed E-state index contributed by atoms with van der Waals surface area (Å²) in [5.41, 5.74) is 3.14. The van der Waals surface area contributed by atoms with E-state index in [2.05, 4.69) is 44.8 Å². The Labute approximate surface area is 194 Å². The van der Waals surface area contributed by atoms with Gasteiger partial charge in [-0.3, -0.25) is 4.79 Å². The van der Waals surface area contributed by atoms with Crippen LogP contribution in [0.1, 0.15) is 50.9 Å².